The van der Waals surface area contributed by atoms with Gasteiger partial charge in [-0.25, -0.2) is 12.8 Å². The molecule has 0 aromatic heterocycles. The highest BCUT2D eigenvalue weighted by molar-refractivity contribution is 7.89. The molecular formula is C23H28FN3O5S. The predicted octanol–water partition coefficient (Wildman–Crippen LogP) is 2.17. The number of carbonyl (C=O) groups excluding carboxylic acids is 1. The van der Waals surface area contributed by atoms with Crippen molar-refractivity contribution < 1.29 is 27.1 Å². The van der Waals surface area contributed by atoms with Crippen molar-refractivity contribution in [1.29, 1.82) is 0 Å². The van der Waals surface area contributed by atoms with Gasteiger partial charge in [-0.1, -0.05) is 12.1 Å². The van der Waals surface area contributed by atoms with Gasteiger partial charge in [-0.3, -0.25) is 9.69 Å². The Bertz CT molecular complexity index is 1100. The van der Waals surface area contributed by atoms with Gasteiger partial charge in [0, 0.05) is 38.3 Å². The van der Waals surface area contributed by atoms with Gasteiger partial charge < -0.3 is 14.8 Å². The number of rotatable bonds is 8. The lowest BCUT2D eigenvalue weighted by Gasteiger charge is -2.38. The van der Waals surface area contributed by atoms with Gasteiger partial charge in [0.05, 0.1) is 19.1 Å². The van der Waals surface area contributed by atoms with Crippen molar-refractivity contribution in [1.82, 2.24) is 14.5 Å². The number of nitrogens with one attached hydrogen (secondary N) is 1. The number of carbonyl (C=O) groups is 1. The molecule has 33 heavy (non-hydrogen) atoms. The van der Waals surface area contributed by atoms with Crippen molar-refractivity contribution in [2.75, 3.05) is 40.4 Å². The third-order valence-corrected chi connectivity index (χ3v) is 7.88. The second-order valence-corrected chi connectivity index (χ2v) is 10.1. The van der Waals surface area contributed by atoms with Crippen molar-refractivity contribution in [2.24, 2.45) is 0 Å². The molecule has 10 heteroatoms. The number of methoxy groups -OCH3 is 2. The highest BCUT2D eigenvalue weighted by Gasteiger charge is 2.36. The summed E-state index contributed by atoms with van der Waals surface area (Å²) in [7, 11) is -0.805. The van der Waals surface area contributed by atoms with E-state index in [1.165, 1.54) is 42.8 Å². The van der Waals surface area contributed by atoms with E-state index in [0.29, 0.717) is 30.2 Å². The Morgan fingerprint density at radius 3 is 2.21 bits per heavy atom. The average Bonchev–Trinajstić information content (AvgIpc) is 3.64. The Hall–Kier alpha value is -2.69. The van der Waals surface area contributed by atoms with Crippen LogP contribution in [0.5, 0.6) is 11.5 Å². The molecule has 1 aliphatic heterocycles. The molecular weight excluding hydrogens is 449 g/mol. The SMILES string of the molecule is COc1ccc(S(=O)(=O)N2CCN(C(C(=O)NC3CC3)c3ccc(F)cc3)CC2)cc1OC. The van der Waals surface area contributed by atoms with Crippen LogP contribution in [0.25, 0.3) is 0 Å². The molecule has 0 radical (unpaired) electrons. The number of benzene rings is 2. The lowest BCUT2D eigenvalue weighted by Crippen LogP contribution is -2.52. The molecule has 1 atom stereocenters. The van der Waals surface area contributed by atoms with E-state index in [2.05, 4.69) is 5.32 Å². The molecule has 1 amide bonds. The predicted molar refractivity (Wildman–Crippen MR) is 120 cm³/mol. The Morgan fingerprint density at radius 1 is 1.00 bits per heavy atom. The van der Waals surface area contributed by atoms with Gasteiger partial charge in [-0.15, -0.1) is 0 Å². The third kappa shape index (κ3) is 5.13. The lowest BCUT2D eigenvalue weighted by molar-refractivity contribution is -0.127. The fourth-order valence-electron chi connectivity index (χ4n) is 4.01. The molecule has 2 fully saturated rings. The van der Waals surface area contributed by atoms with Crippen molar-refractivity contribution in [3.63, 3.8) is 0 Å². The minimum atomic E-state index is -3.75. The smallest absolute Gasteiger partial charge is 0.243 e. The molecule has 1 aliphatic carbocycles. The lowest BCUT2D eigenvalue weighted by atomic mass is 10.0. The summed E-state index contributed by atoms with van der Waals surface area (Å²) in [5, 5.41) is 3.02. The van der Waals surface area contributed by atoms with Crippen LogP contribution in [-0.4, -0.2) is 70.0 Å². The molecule has 1 N–H and O–H groups in total. The molecule has 4 rings (SSSR count). The van der Waals surface area contributed by atoms with Crippen LogP contribution in [0.3, 0.4) is 0 Å². The zero-order valence-corrected chi connectivity index (χ0v) is 19.5. The second kappa shape index (κ2) is 9.66. The maximum absolute atomic E-state index is 13.5. The first-order valence-electron chi connectivity index (χ1n) is 10.9. The van der Waals surface area contributed by atoms with Gasteiger partial charge in [0.1, 0.15) is 11.9 Å². The van der Waals surface area contributed by atoms with E-state index in [1.807, 2.05) is 4.90 Å². The summed E-state index contributed by atoms with van der Waals surface area (Å²) < 4.78 is 51.7. The van der Waals surface area contributed by atoms with E-state index in [4.69, 9.17) is 9.47 Å². The summed E-state index contributed by atoms with van der Waals surface area (Å²) in [6.07, 6.45) is 1.92. The molecule has 0 spiro atoms. The molecule has 2 aromatic rings. The van der Waals surface area contributed by atoms with Crippen LogP contribution in [0.15, 0.2) is 47.4 Å². The number of hydrogen-bond acceptors (Lipinski definition) is 6. The summed E-state index contributed by atoms with van der Waals surface area (Å²) in [5.41, 5.74) is 0.686. The van der Waals surface area contributed by atoms with Gasteiger partial charge in [0.25, 0.3) is 0 Å². The van der Waals surface area contributed by atoms with E-state index in [0.717, 1.165) is 12.8 Å². The van der Waals surface area contributed by atoms with Crippen LogP contribution in [0.4, 0.5) is 4.39 Å². The first-order chi connectivity index (χ1) is 15.8. The highest BCUT2D eigenvalue weighted by Crippen LogP contribution is 2.32. The Morgan fingerprint density at radius 2 is 1.64 bits per heavy atom. The van der Waals surface area contributed by atoms with Gasteiger partial charge >= 0.3 is 0 Å². The number of amides is 1. The largest absolute Gasteiger partial charge is 0.493 e. The first-order valence-corrected chi connectivity index (χ1v) is 12.3. The number of hydrogen-bond donors (Lipinski definition) is 1. The zero-order chi connectivity index (χ0) is 23.6. The molecule has 8 nitrogen and oxygen atoms in total. The Kier molecular flexibility index (Phi) is 6.87. The van der Waals surface area contributed by atoms with E-state index >= 15 is 0 Å². The van der Waals surface area contributed by atoms with E-state index in [9.17, 15) is 17.6 Å². The first kappa shape index (κ1) is 23.5. The summed E-state index contributed by atoms with van der Waals surface area (Å²) in [6.45, 7) is 1.19. The Labute approximate surface area is 193 Å². The molecule has 178 valence electrons. The van der Waals surface area contributed by atoms with Crippen LogP contribution < -0.4 is 14.8 Å². The monoisotopic (exact) mass is 477 g/mol. The number of piperazine rings is 1. The topological polar surface area (TPSA) is 88.2 Å². The number of ether oxygens (including phenoxy) is 2. The highest BCUT2D eigenvalue weighted by atomic mass is 32.2. The molecule has 1 saturated heterocycles. The van der Waals surface area contributed by atoms with Gasteiger partial charge in [0.2, 0.25) is 15.9 Å². The minimum absolute atomic E-state index is 0.121. The third-order valence-electron chi connectivity index (χ3n) is 5.99. The van der Waals surface area contributed by atoms with Gasteiger partial charge in [-0.2, -0.15) is 4.31 Å². The minimum Gasteiger partial charge on any atom is -0.493 e. The van der Waals surface area contributed by atoms with E-state index < -0.39 is 16.1 Å². The van der Waals surface area contributed by atoms with Gasteiger partial charge in [-0.05, 0) is 42.7 Å². The average molecular weight is 478 g/mol. The standard InChI is InChI=1S/C23H28FN3O5S/c1-31-20-10-9-19(15-21(20)32-2)33(29,30)27-13-11-26(12-14-27)22(23(28)25-18-7-8-18)16-3-5-17(24)6-4-16/h3-6,9-10,15,18,22H,7-8,11-14H2,1-2H3,(H,25,28). The quantitative estimate of drug-likeness (QED) is 0.627. The fraction of sp³-hybridized carbons (Fsp3) is 0.435. The van der Waals surface area contributed by atoms with Crippen LogP contribution in [0.2, 0.25) is 0 Å². The van der Waals surface area contributed by atoms with Crippen LogP contribution in [0, 0.1) is 5.82 Å². The van der Waals surface area contributed by atoms with Gasteiger partial charge in [0.15, 0.2) is 11.5 Å². The van der Waals surface area contributed by atoms with Crippen molar-refractivity contribution in [2.45, 2.75) is 29.8 Å². The van der Waals surface area contributed by atoms with Crippen LogP contribution in [-0.2, 0) is 14.8 Å². The molecule has 1 heterocycles. The summed E-state index contributed by atoms with van der Waals surface area (Å²) in [6, 6.07) is 9.99. The van der Waals surface area contributed by atoms with Crippen LogP contribution >= 0.6 is 0 Å². The van der Waals surface area contributed by atoms with Crippen molar-refractivity contribution >= 4 is 15.9 Å². The normalized spacial score (nSPS) is 18.5. The van der Waals surface area contributed by atoms with Crippen LogP contribution in [0.1, 0.15) is 24.4 Å². The van der Waals surface area contributed by atoms with Crippen molar-refractivity contribution in [3.05, 3.63) is 53.8 Å². The Balaban J connectivity index is 1.50. The van der Waals surface area contributed by atoms with Crippen molar-refractivity contribution in [3.8, 4) is 11.5 Å². The summed E-state index contributed by atoms with van der Waals surface area (Å²) >= 11 is 0. The fourth-order valence-corrected chi connectivity index (χ4v) is 5.45. The number of halogens is 1. The second-order valence-electron chi connectivity index (χ2n) is 8.19. The molecule has 2 aliphatic rings. The maximum atomic E-state index is 13.5. The molecule has 0 bridgehead atoms. The maximum Gasteiger partial charge on any atom is 0.243 e. The summed E-state index contributed by atoms with van der Waals surface area (Å²) in [4.78, 5) is 15.1. The summed E-state index contributed by atoms with van der Waals surface area (Å²) in [5.74, 6) is 0.279. The molecule has 2 aromatic carbocycles. The number of nitrogens with zero attached hydrogens (tertiary/aromatic N) is 2. The molecule has 1 unspecified atom stereocenters. The zero-order valence-electron chi connectivity index (χ0n) is 18.7. The van der Waals surface area contributed by atoms with E-state index in [1.54, 1.807) is 18.2 Å². The van der Waals surface area contributed by atoms with E-state index in [-0.39, 0.29) is 35.8 Å². The molecule has 1 saturated carbocycles. The number of sulfonamides is 1.